The Morgan fingerprint density at radius 3 is 2.00 bits per heavy atom. The fraction of sp³-hybridized carbons (Fsp3) is 0.0769. The zero-order chi connectivity index (χ0) is 14.2. The highest BCUT2D eigenvalue weighted by Gasteiger charge is 2.17. The van der Waals surface area contributed by atoms with Crippen molar-refractivity contribution in [2.24, 2.45) is 0 Å². The molecule has 0 amide bonds. The van der Waals surface area contributed by atoms with Crippen LogP contribution in [0, 0.1) is 0 Å². The van der Waals surface area contributed by atoms with Crippen LogP contribution in [0.3, 0.4) is 0 Å². The van der Waals surface area contributed by atoms with Crippen LogP contribution in [0.25, 0.3) is 11.1 Å². The maximum Gasteiger partial charge on any atom is 0.161 e. The zero-order valence-corrected chi connectivity index (χ0v) is 11.5. The maximum atomic E-state index is 9.81. The van der Waals surface area contributed by atoms with Gasteiger partial charge in [-0.15, -0.1) is 0 Å². The number of hydrogen-bond donors (Lipinski definition) is 4. The van der Waals surface area contributed by atoms with E-state index in [1.807, 2.05) is 0 Å². The lowest BCUT2D eigenvalue weighted by Gasteiger charge is -2.12. The molecule has 4 N–H and O–H groups in total. The van der Waals surface area contributed by atoms with Crippen LogP contribution >= 0.6 is 15.9 Å². The summed E-state index contributed by atoms with van der Waals surface area (Å²) in [5.74, 6) is -0.737. The molecule has 100 valence electrons. The second kappa shape index (κ2) is 4.89. The summed E-state index contributed by atoms with van der Waals surface area (Å²) < 4.78 is 5.46. The molecule has 0 heterocycles. The van der Waals surface area contributed by atoms with Crippen LogP contribution in [0.1, 0.15) is 0 Å². The zero-order valence-electron chi connectivity index (χ0n) is 9.88. The molecule has 0 atom stereocenters. The van der Waals surface area contributed by atoms with Crippen molar-refractivity contribution in [1.82, 2.24) is 0 Å². The van der Waals surface area contributed by atoms with Crippen LogP contribution in [0.15, 0.2) is 28.7 Å². The van der Waals surface area contributed by atoms with Crippen molar-refractivity contribution < 1.29 is 25.2 Å². The minimum atomic E-state index is -0.303. The van der Waals surface area contributed by atoms with Crippen LogP contribution in [-0.4, -0.2) is 27.5 Å². The number of phenolic OH excluding ortho intramolecular Hbond substituents is 4. The number of methoxy groups -OCH3 is 1. The van der Waals surface area contributed by atoms with Gasteiger partial charge in [0.05, 0.1) is 12.7 Å². The first-order chi connectivity index (χ1) is 8.93. The maximum absolute atomic E-state index is 9.81. The number of ether oxygens (including phenoxy) is 1. The van der Waals surface area contributed by atoms with E-state index in [0.717, 1.165) is 12.1 Å². The topological polar surface area (TPSA) is 90.2 Å². The third-order valence-electron chi connectivity index (χ3n) is 2.62. The summed E-state index contributed by atoms with van der Waals surface area (Å²) in [4.78, 5) is 0. The molecule has 0 fully saturated rings. The SMILES string of the molecule is COc1cc(Br)c(-c2c(O)cc(O)cc2O)cc1O. The van der Waals surface area contributed by atoms with Gasteiger partial charge in [0, 0.05) is 22.2 Å². The average Bonchev–Trinajstić information content (AvgIpc) is 2.31. The summed E-state index contributed by atoms with van der Waals surface area (Å²) in [6.07, 6.45) is 0. The number of halogens is 1. The van der Waals surface area contributed by atoms with Gasteiger partial charge in [0.1, 0.15) is 17.2 Å². The number of hydrogen-bond acceptors (Lipinski definition) is 5. The van der Waals surface area contributed by atoms with Gasteiger partial charge in [0.25, 0.3) is 0 Å². The number of aromatic hydroxyl groups is 4. The van der Waals surface area contributed by atoms with Crippen molar-refractivity contribution in [2.45, 2.75) is 0 Å². The van der Waals surface area contributed by atoms with Gasteiger partial charge in [-0.1, -0.05) is 15.9 Å². The normalized spacial score (nSPS) is 10.4. The Bertz CT molecular complexity index is 616. The minimum absolute atomic E-state index is 0.0997. The summed E-state index contributed by atoms with van der Waals surface area (Å²) in [6, 6.07) is 5.05. The van der Waals surface area contributed by atoms with Crippen LogP contribution < -0.4 is 4.74 Å². The van der Waals surface area contributed by atoms with Crippen molar-refractivity contribution in [3.8, 4) is 39.9 Å². The molecule has 19 heavy (non-hydrogen) atoms. The van der Waals surface area contributed by atoms with Crippen LogP contribution in [0.5, 0.6) is 28.7 Å². The first-order valence-corrected chi connectivity index (χ1v) is 6.05. The Morgan fingerprint density at radius 1 is 0.895 bits per heavy atom. The fourth-order valence-corrected chi connectivity index (χ4v) is 2.29. The van der Waals surface area contributed by atoms with Gasteiger partial charge in [-0.25, -0.2) is 0 Å². The standard InChI is InChI=1S/C13H11BrO5/c1-19-12-5-8(14)7(4-9(12)16)13-10(17)2-6(15)3-11(13)18/h2-5,15-18H,1H3. The molecule has 2 rings (SSSR count). The second-order valence-corrected chi connectivity index (χ2v) is 4.72. The Labute approximate surface area is 117 Å². The van der Waals surface area contributed by atoms with E-state index in [0.29, 0.717) is 10.0 Å². The van der Waals surface area contributed by atoms with Crippen molar-refractivity contribution in [3.05, 3.63) is 28.7 Å². The monoisotopic (exact) mass is 326 g/mol. The number of phenols is 4. The highest BCUT2D eigenvalue weighted by Crippen LogP contribution is 2.46. The molecule has 2 aromatic carbocycles. The largest absolute Gasteiger partial charge is 0.508 e. The lowest BCUT2D eigenvalue weighted by molar-refractivity contribution is 0.373. The van der Waals surface area contributed by atoms with Gasteiger partial charge < -0.3 is 25.2 Å². The smallest absolute Gasteiger partial charge is 0.161 e. The number of benzene rings is 2. The minimum Gasteiger partial charge on any atom is -0.508 e. The molecule has 0 spiro atoms. The number of rotatable bonds is 2. The predicted molar refractivity (Wildman–Crippen MR) is 72.8 cm³/mol. The Kier molecular flexibility index (Phi) is 3.44. The Balaban J connectivity index is 2.69. The van der Waals surface area contributed by atoms with Gasteiger partial charge in [-0.05, 0) is 12.1 Å². The summed E-state index contributed by atoms with van der Waals surface area (Å²) in [7, 11) is 1.41. The summed E-state index contributed by atoms with van der Waals surface area (Å²) >= 11 is 3.27. The molecule has 5 nitrogen and oxygen atoms in total. The first-order valence-electron chi connectivity index (χ1n) is 5.26. The van der Waals surface area contributed by atoms with Gasteiger partial charge in [0.2, 0.25) is 0 Å². The highest BCUT2D eigenvalue weighted by atomic mass is 79.9. The average molecular weight is 327 g/mol. The fourth-order valence-electron chi connectivity index (χ4n) is 1.77. The Hall–Kier alpha value is -2.08. The predicted octanol–water partition coefficient (Wildman–Crippen LogP) is 2.95. The van der Waals surface area contributed by atoms with Crippen molar-refractivity contribution in [2.75, 3.05) is 7.11 Å². The van der Waals surface area contributed by atoms with Gasteiger partial charge in [-0.2, -0.15) is 0 Å². The summed E-state index contributed by atoms with van der Waals surface area (Å²) in [6.45, 7) is 0. The first kappa shape index (κ1) is 13.4. The second-order valence-electron chi connectivity index (χ2n) is 3.86. The molecule has 0 unspecified atom stereocenters. The van der Waals surface area contributed by atoms with Crippen LogP contribution in [-0.2, 0) is 0 Å². The van der Waals surface area contributed by atoms with E-state index >= 15 is 0 Å². The molecular formula is C13H11BrO5. The van der Waals surface area contributed by atoms with E-state index in [1.54, 1.807) is 0 Å². The van der Waals surface area contributed by atoms with Crippen molar-refractivity contribution in [1.29, 1.82) is 0 Å². The molecular weight excluding hydrogens is 316 g/mol. The molecule has 0 saturated heterocycles. The molecule has 0 bridgehead atoms. The molecule has 0 aliphatic rings. The lowest BCUT2D eigenvalue weighted by atomic mass is 10.0. The van der Waals surface area contributed by atoms with E-state index < -0.39 is 0 Å². The molecule has 0 aliphatic carbocycles. The van der Waals surface area contributed by atoms with E-state index in [4.69, 9.17) is 4.74 Å². The summed E-state index contributed by atoms with van der Waals surface area (Å²) in [5.41, 5.74) is 0.468. The lowest BCUT2D eigenvalue weighted by Crippen LogP contribution is -1.88. The quantitative estimate of drug-likeness (QED) is 0.681. The molecule has 6 heteroatoms. The van der Waals surface area contributed by atoms with Gasteiger partial charge in [-0.3, -0.25) is 0 Å². The molecule has 2 aromatic rings. The third-order valence-corrected chi connectivity index (χ3v) is 3.28. The van der Waals surface area contributed by atoms with Gasteiger partial charge >= 0.3 is 0 Å². The van der Waals surface area contributed by atoms with E-state index in [9.17, 15) is 20.4 Å². The van der Waals surface area contributed by atoms with E-state index in [1.165, 1.54) is 19.2 Å². The molecule has 0 saturated carbocycles. The van der Waals surface area contributed by atoms with Gasteiger partial charge in [0.15, 0.2) is 11.5 Å². The molecule has 0 aliphatic heterocycles. The van der Waals surface area contributed by atoms with E-state index in [-0.39, 0.29) is 34.3 Å². The molecule has 0 radical (unpaired) electrons. The van der Waals surface area contributed by atoms with Crippen LogP contribution in [0.2, 0.25) is 0 Å². The summed E-state index contributed by atoms with van der Waals surface area (Å²) in [5, 5.41) is 38.7. The van der Waals surface area contributed by atoms with E-state index in [2.05, 4.69) is 15.9 Å². The molecule has 0 aromatic heterocycles. The van der Waals surface area contributed by atoms with Crippen molar-refractivity contribution in [3.63, 3.8) is 0 Å². The highest BCUT2D eigenvalue weighted by molar-refractivity contribution is 9.10. The van der Waals surface area contributed by atoms with Crippen molar-refractivity contribution >= 4 is 15.9 Å². The van der Waals surface area contributed by atoms with Crippen LogP contribution in [0.4, 0.5) is 0 Å². The third kappa shape index (κ3) is 2.39. The Morgan fingerprint density at radius 2 is 1.47 bits per heavy atom.